The molecular weight excluding hydrogens is 307 g/mol. The summed E-state index contributed by atoms with van der Waals surface area (Å²) in [7, 11) is 0. The highest BCUT2D eigenvalue weighted by Gasteiger charge is 2.00. The van der Waals surface area contributed by atoms with Crippen LogP contribution in [0.4, 0.5) is 0 Å². The first-order valence-electron chi connectivity index (χ1n) is 3.38. The van der Waals surface area contributed by atoms with Gasteiger partial charge in [-0.05, 0) is 18.2 Å². The largest absolute Gasteiger partial charge is 0.491 e. The molecule has 0 unspecified atom stereocenters. The molecule has 0 aliphatic heterocycles. The molecule has 1 aromatic carbocycles. The van der Waals surface area contributed by atoms with Gasteiger partial charge in [0.25, 0.3) is 0 Å². The first-order chi connectivity index (χ1) is 5.74. The van der Waals surface area contributed by atoms with Crippen molar-refractivity contribution in [3.05, 3.63) is 27.7 Å². The highest BCUT2D eigenvalue weighted by atomic mass is 79.9. The maximum absolute atomic E-state index is 5.87. The van der Waals surface area contributed by atoms with Gasteiger partial charge in [-0.15, -0.1) is 0 Å². The van der Waals surface area contributed by atoms with Gasteiger partial charge in [0.05, 0.1) is 11.6 Å². The number of benzene rings is 1. The van der Waals surface area contributed by atoms with Crippen LogP contribution in [-0.4, -0.2) is 11.9 Å². The number of hydrogen-bond acceptors (Lipinski definition) is 1. The van der Waals surface area contributed by atoms with Crippen LogP contribution in [0.2, 0.25) is 5.02 Å². The average molecular weight is 314 g/mol. The fraction of sp³-hybridized carbons (Fsp3) is 0.250. The van der Waals surface area contributed by atoms with Gasteiger partial charge in [0.2, 0.25) is 0 Å². The van der Waals surface area contributed by atoms with Gasteiger partial charge in [-0.1, -0.05) is 43.5 Å². The van der Waals surface area contributed by atoms with Crippen molar-refractivity contribution in [1.82, 2.24) is 0 Å². The number of ether oxygens (including phenoxy) is 1. The lowest BCUT2D eigenvalue weighted by molar-refractivity contribution is 0.345. The molecule has 0 saturated carbocycles. The Morgan fingerprint density at radius 3 is 2.83 bits per heavy atom. The second kappa shape index (κ2) is 5.10. The monoisotopic (exact) mass is 312 g/mol. The van der Waals surface area contributed by atoms with Crippen LogP contribution in [0.3, 0.4) is 0 Å². The molecule has 0 N–H and O–H groups in total. The molecule has 0 aliphatic carbocycles. The normalized spacial score (nSPS) is 9.92. The molecule has 0 aliphatic rings. The Labute approximate surface area is 93.3 Å². The molecule has 4 heteroatoms. The molecule has 0 spiro atoms. The summed E-state index contributed by atoms with van der Waals surface area (Å²) >= 11 is 12.5. The van der Waals surface area contributed by atoms with E-state index >= 15 is 0 Å². The molecule has 0 atom stereocenters. The van der Waals surface area contributed by atoms with E-state index in [2.05, 4.69) is 31.9 Å². The van der Waals surface area contributed by atoms with Crippen molar-refractivity contribution < 1.29 is 4.74 Å². The minimum absolute atomic E-state index is 0.621. The van der Waals surface area contributed by atoms with Gasteiger partial charge in [-0.2, -0.15) is 0 Å². The maximum atomic E-state index is 5.87. The Morgan fingerprint density at radius 1 is 1.42 bits per heavy atom. The van der Waals surface area contributed by atoms with Gasteiger partial charge in [0.1, 0.15) is 5.75 Å². The van der Waals surface area contributed by atoms with Crippen molar-refractivity contribution in [2.24, 2.45) is 0 Å². The molecule has 1 nitrogen and oxygen atoms in total. The van der Waals surface area contributed by atoms with Gasteiger partial charge in [-0.3, -0.25) is 0 Å². The van der Waals surface area contributed by atoms with Gasteiger partial charge >= 0.3 is 0 Å². The smallest absolute Gasteiger partial charge is 0.139 e. The summed E-state index contributed by atoms with van der Waals surface area (Å²) < 4.78 is 6.33. The topological polar surface area (TPSA) is 9.23 Å². The number of rotatable bonds is 3. The summed E-state index contributed by atoms with van der Waals surface area (Å²) in [5.41, 5.74) is 0. The molecule has 0 fully saturated rings. The minimum Gasteiger partial charge on any atom is -0.491 e. The Balaban J connectivity index is 2.75. The third-order valence-electron chi connectivity index (χ3n) is 1.23. The third kappa shape index (κ3) is 2.96. The van der Waals surface area contributed by atoms with E-state index < -0.39 is 0 Å². The van der Waals surface area contributed by atoms with Gasteiger partial charge in [0.15, 0.2) is 0 Å². The molecule has 1 rings (SSSR count). The van der Waals surface area contributed by atoms with Crippen molar-refractivity contribution >= 4 is 43.5 Å². The van der Waals surface area contributed by atoms with Gasteiger partial charge in [0, 0.05) is 9.80 Å². The Kier molecular flexibility index (Phi) is 4.40. The first kappa shape index (κ1) is 10.4. The molecule has 0 amide bonds. The van der Waals surface area contributed by atoms with Crippen molar-refractivity contribution in [2.45, 2.75) is 0 Å². The number of alkyl halides is 1. The van der Waals surface area contributed by atoms with Gasteiger partial charge in [-0.25, -0.2) is 0 Å². The average Bonchev–Trinajstić information content (AvgIpc) is 2.07. The SMILES string of the molecule is Clc1ccc(Br)cc1OCCBr. The lowest BCUT2D eigenvalue weighted by Crippen LogP contribution is -1.97. The summed E-state index contributed by atoms with van der Waals surface area (Å²) in [6, 6.07) is 5.53. The summed E-state index contributed by atoms with van der Waals surface area (Å²) in [5, 5.41) is 1.44. The highest BCUT2D eigenvalue weighted by Crippen LogP contribution is 2.27. The fourth-order valence-corrected chi connectivity index (χ4v) is 1.41. The predicted octanol–water partition coefficient (Wildman–Crippen LogP) is 3.88. The van der Waals surface area contributed by atoms with E-state index in [4.69, 9.17) is 16.3 Å². The Morgan fingerprint density at radius 2 is 2.17 bits per heavy atom. The van der Waals surface area contributed by atoms with E-state index in [9.17, 15) is 0 Å². The van der Waals surface area contributed by atoms with E-state index in [1.165, 1.54) is 0 Å². The van der Waals surface area contributed by atoms with Crippen LogP contribution in [0.5, 0.6) is 5.75 Å². The molecule has 0 saturated heterocycles. The van der Waals surface area contributed by atoms with Crippen LogP contribution in [0.25, 0.3) is 0 Å². The Bertz CT molecular complexity index is 265. The predicted molar refractivity (Wildman–Crippen MR) is 58.4 cm³/mol. The van der Waals surface area contributed by atoms with E-state index in [0.717, 1.165) is 9.80 Å². The van der Waals surface area contributed by atoms with Crippen LogP contribution >= 0.6 is 43.5 Å². The standard InChI is InChI=1S/C8H7Br2ClO/c9-3-4-12-8-5-6(10)1-2-7(8)11/h1-2,5H,3-4H2. The molecule has 0 radical (unpaired) electrons. The van der Waals surface area contributed by atoms with E-state index in [1.54, 1.807) is 6.07 Å². The molecule has 0 aromatic heterocycles. The second-order valence-corrected chi connectivity index (χ2v) is 4.23. The fourth-order valence-electron chi connectivity index (χ4n) is 0.736. The van der Waals surface area contributed by atoms with E-state index in [0.29, 0.717) is 17.4 Å². The summed E-state index contributed by atoms with van der Waals surface area (Å²) in [5.74, 6) is 0.713. The van der Waals surface area contributed by atoms with Crippen molar-refractivity contribution in [3.8, 4) is 5.75 Å². The van der Waals surface area contributed by atoms with Crippen molar-refractivity contribution in [1.29, 1.82) is 0 Å². The Hall–Kier alpha value is 0.270. The molecule has 0 heterocycles. The zero-order chi connectivity index (χ0) is 8.97. The van der Waals surface area contributed by atoms with Crippen LogP contribution < -0.4 is 4.74 Å². The molecule has 66 valence electrons. The maximum Gasteiger partial charge on any atom is 0.139 e. The van der Waals surface area contributed by atoms with E-state index in [1.807, 2.05) is 12.1 Å². The first-order valence-corrected chi connectivity index (χ1v) is 5.67. The lowest BCUT2D eigenvalue weighted by atomic mass is 10.3. The summed E-state index contributed by atoms with van der Waals surface area (Å²) in [4.78, 5) is 0. The molecule has 1 aromatic rings. The molecule has 12 heavy (non-hydrogen) atoms. The number of hydrogen-bond donors (Lipinski definition) is 0. The van der Waals surface area contributed by atoms with E-state index in [-0.39, 0.29) is 0 Å². The quantitative estimate of drug-likeness (QED) is 0.770. The third-order valence-corrected chi connectivity index (χ3v) is 2.36. The summed E-state index contributed by atoms with van der Waals surface area (Å²) in [6.07, 6.45) is 0. The van der Waals surface area contributed by atoms with Crippen LogP contribution in [0.1, 0.15) is 0 Å². The van der Waals surface area contributed by atoms with Crippen molar-refractivity contribution in [2.75, 3.05) is 11.9 Å². The van der Waals surface area contributed by atoms with Gasteiger partial charge < -0.3 is 4.74 Å². The summed E-state index contributed by atoms with van der Waals surface area (Å²) in [6.45, 7) is 0.621. The van der Waals surface area contributed by atoms with Crippen LogP contribution in [-0.2, 0) is 0 Å². The lowest BCUT2D eigenvalue weighted by Gasteiger charge is -2.05. The molecular formula is C8H7Br2ClO. The highest BCUT2D eigenvalue weighted by molar-refractivity contribution is 9.10. The second-order valence-electron chi connectivity index (χ2n) is 2.11. The zero-order valence-corrected chi connectivity index (χ0v) is 10.1. The van der Waals surface area contributed by atoms with Crippen molar-refractivity contribution in [3.63, 3.8) is 0 Å². The van der Waals surface area contributed by atoms with Crippen LogP contribution in [0.15, 0.2) is 22.7 Å². The number of halogens is 3. The molecule has 0 bridgehead atoms. The zero-order valence-electron chi connectivity index (χ0n) is 6.19. The minimum atomic E-state index is 0.621. The van der Waals surface area contributed by atoms with Crippen LogP contribution in [0, 0.1) is 0 Å².